The van der Waals surface area contributed by atoms with E-state index in [4.69, 9.17) is 0 Å². The maximum absolute atomic E-state index is 14.0. The Kier molecular flexibility index (Phi) is 7.26. The maximum atomic E-state index is 14.0. The number of allylic oxidation sites excluding steroid dienone is 2. The van der Waals surface area contributed by atoms with E-state index in [-0.39, 0.29) is 5.56 Å². The Hall–Kier alpha value is -1.44. The first-order valence-electron chi connectivity index (χ1n) is 10.9. The van der Waals surface area contributed by atoms with Gasteiger partial charge in [-0.05, 0) is 86.8 Å². The van der Waals surface area contributed by atoms with Gasteiger partial charge in [0.2, 0.25) is 0 Å². The smallest absolute Gasteiger partial charge is 0.133 e. The van der Waals surface area contributed by atoms with Crippen molar-refractivity contribution in [1.82, 2.24) is 0 Å². The molecule has 27 heavy (non-hydrogen) atoms. The van der Waals surface area contributed by atoms with E-state index in [1.54, 1.807) is 13.0 Å². The summed E-state index contributed by atoms with van der Waals surface area (Å²) in [6, 6.07) is 2.87. The van der Waals surface area contributed by atoms with Crippen LogP contribution in [0.25, 0.3) is 12.2 Å². The molecular weight excluding hydrogens is 338 g/mol. The average molecular weight is 373 g/mol. The molecule has 0 N–H and O–H groups in total. The molecule has 0 aromatic heterocycles. The van der Waals surface area contributed by atoms with Gasteiger partial charge in [-0.3, -0.25) is 0 Å². The summed E-state index contributed by atoms with van der Waals surface area (Å²) < 4.78 is 28.1. The predicted octanol–water partition coefficient (Wildman–Crippen LogP) is 8.03. The first-order valence-corrected chi connectivity index (χ1v) is 10.9. The summed E-state index contributed by atoms with van der Waals surface area (Å²) in [5, 5.41) is 0. The highest BCUT2D eigenvalue weighted by Gasteiger charge is 2.29. The van der Waals surface area contributed by atoms with E-state index in [0.29, 0.717) is 11.5 Å². The van der Waals surface area contributed by atoms with Crippen molar-refractivity contribution in [2.75, 3.05) is 0 Å². The minimum absolute atomic E-state index is 0.0490. The third-order valence-electron chi connectivity index (χ3n) is 6.95. The van der Waals surface area contributed by atoms with Crippen LogP contribution in [0.1, 0.15) is 82.8 Å². The lowest BCUT2D eigenvalue weighted by Gasteiger charge is -2.37. The molecule has 1 aromatic carbocycles. The van der Waals surface area contributed by atoms with Crippen molar-refractivity contribution in [2.45, 2.75) is 71.6 Å². The van der Waals surface area contributed by atoms with E-state index in [1.807, 2.05) is 6.08 Å². The molecule has 2 saturated carbocycles. The lowest BCUT2D eigenvalue weighted by atomic mass is 9.69. The van der Waals surface area contributed by atoms with Gasteiger partial charge in [-0.25, -0.2) is 8.78 Å². The van der Waals surface area contributed by atoms with Gasteiger partial charge in [0.1, 0.15) is 11.6 Å². The van der Waals surface area contributed by atoms with Crippen LogP contribution >= 0.6 is 0 Å². The van der Waals surface area contributed by atoms with Crippen molar-refractivity contribution in [1.29, 1.82) is 0 Å². The number of hydrogen-bond acceptors (Lipinski definition) is 0. The largest absolute Gasteiger partial charge is 0.206 e. The van der Waals surface area contributed by atoms with Crippen LogP contribution in [0.5, 0.6) is 0 Å². The van der Waals surface area contributed by atoms with Crippen molar-refractivity contribution >= 4 is 12.2 Å². The van der Waals surface area contributed by atoms with E-state index in [9.17, 15) is 8.78 Å². The summed E-state index contributed by atoms with van der Waals surface area (Å²) in [4.78, 5) is 0. The molecule has 2 heteroatoms. The fourth-order valence-corrected chi connectivity index (χ4v) is 5.15. The van der Waals surface area contributed by atoms with Crippen LogP contribution in [0.3, 0.4) is 0 Å². The van der Waals surface area contributed by atoms with E-state index in [0.717, 1.165) is 17.8 Å². The maximum Gasteiger partial charge on any atom is 0.133 e. The van der Waals surface area contributed by atoms with Crippen LogP contribution in [-0.2, 0) is 0 Å². The van der Waals surface area contributed by atoms with Crippen LogP contribution < -0.4 is 0 Å². The van der Waals surface area contributed by atoms with Gasteiger partial charge in [0.05, 0.1) is 0 Å². The van der Waals surface area contributed by atoms with Gasteiger partial charge >= 0.3 is 0 Å². The van der Waals surface area contributed by atoms with E-state index in [2.05, 4.69) is 13.0 Å². The van der Waals surface area contributed by atoms with Crippen molar-refractivity contribution < 1.29 is 8.78 Å². The van der Waals surface area contributed by atoms with Gasteiger partial charge in [-0.2, -0.15) is 0 Å². The highest BCUT2D eigenvalue weighted by molar-refractivity contribution is 5.57. The zero-order valence-corrected chi connectivity index (χ0v) is 16.9. The predicted molar refractivity (Wildman–Crippen MR) is 111 cm³/mol. The average Bonchev–Trinajstić information content (AvgIpc) is 2.70. The summed E-state index contributed by atoms with van der Waals surface area (Å²) >= 11 is 0. The Morgan fingerprint density at radius 2 is 1.41 bits per heavy atom. The zero-order valence-electron chi connectivity index (χ0n) is 16.9. The molecule has 0 nitrogen and oxygen atoms in total. The Labute approximate surface area is 163 Å². The summed E-state index contributed by atoms with van der Waals surface area (Å²) in [5.74, 6) is 2.40. The normalized spacial score (nSPS) is 29.6. The van der Waals surface area contributed by atoms with Gasteiger partial charge in [0.25, 0.3) is 0 Å². The van der Waals surface area contributed by atoms with Crippen LogP contribution in [0.15, 0.2) is 24.3 Å². The third kappa shape index (κ3) is 5.30. The van der Waals surface area contributed by atoms with Crippen LogP contribution in [-0.4, -0.2) is 0 Å². The second-order valence-electron chi connectivity index (χ2n) is 8.62. The lowest BCUT2D eigenvalue weighted by molar-refractivity contribution is 0.154. The zero-order chi connectivity index (χ0) is 19.2. The van der Waals surface area contributed by atoms with Crippen molar-refractivity contribution in [3.05, 3.63) is 47.0 Å². The van der Waals surface area contributed by atoms with Crippen LogP contribution in [0.4, 0.5) is 8.78 Å². The van der Waals surface area contributed by atoms with Gasteiger partial charge in [-0.1, -0.05) is 50.5 Å². The van der Waals surface area contributed by atoms with E-state index < -0.39 is 11.6 Å². The molecule has 0 aliphatic heterocycles. The number of rotatable bonds is 5. The highest BCUT2D eigenvalue weighted by atomic mass is 19.1. The first-order chi connectivity index (χ1) is 13.1. The van der Waals surface area contributed by atoms with Gasteiger partial charge in [0, 0.05) is 5.56 Å². The van der Waals surface area contributed by atoms with Crippen molar-refractivity contribution in [2.24, 2.45) is 23.7 Å². The lowest BCUT2D eigenvalue weighted by Crippen LogP contribution is -2.25. The van der Waals surface area contributed by atoms with Gasteiger partial charge in [-0.15, -0.1) is 0 Å². The molecule has 0 bridgehead atoms. The summed E-state index contributed by atoms with van der Waals surface area (Å²) in [6.07, 6.45) is 19.4. The monoisotopic (exact) mass is 372 g/mol. The summed E-state index contributed by atoms with van der Waals surface area (Å²) in [6.45, 7) is 4.09. The Bertz CT molecular complexity index is 634. The number of hydrogen-bond donors (Lipinski definition) is 0. The third-order valence-corrected chi connectivity index (χ3v) is 6.95. The molecule has 0 spiro atoms. The standard InChI is InChI=1S/C25H34F2/c1-3-5-23-24(26)16-20(17-25(23)27)7-6-19-10-14-22(15-11-19)21-12-8-18(4-2)9-13-21/h3,5-7,16-19,21-22H,4,8-15H2,1-2H3/b5-3+,7-6+. The molecule has 3 rings (SSSR count). The Morgan fingerprint density at radius 3 is 1.93 bits per heavy atom. The highest BCUT2D eigenvalue weighted by Crippen LogP contribution is 2.42. The summed E-state index contributed by atoms with van der Waals surface area (Å²) in [5.41, 5.74) is 0.672. The molecule has 2 fully saturated rings. The molecule has 148 valence electrons. The molecule has 0 heterocycles. The minimum Gasteiger partial charge on any atom is -0.206 e. The van der Waals surface area contributed by atoms with Gasteiger partial charge < -0.3 is 0 Å². The second-order valence-corrected chi connectivity index (χ2v) is 8.62. The topological polar surface area (TPSA) is 0 Å². The fraction of sp³-hybridized carbons (Fsp3) is 0.600. The number of benzene rings is 1. The SMILES string of the molecule is C/C=C/c1c(F)cc(/C=C/C2CCC(C3CCC(CC)CC3)CC2)cc1F. The fourth-order valence-electron chi connectivity index (χ4n) is 5.15. The van der Waals surface area contributed by atoms with Crippen molar-refractivity contribution in [3.8, 4) is 0 Å². The molecule has 1 aromatic rings. The Morgan fingerprint density at radius 1 is 0.852 bits per heavy atom. The van der Waals surface area contributed by atoms with Crippen LogP contribution in [0.2, 0.25) is 0 Å². The Balaban J connectivity index is 1.52. The molecule has 0 atom stereocenters. The van der Waals surface area contributed by atoms with Crippen LogP contribution in [0, 0.1) is 35.3 Å². The van der Waals surface area contributed by atoms with Crippen molar-refractivity contribution in [3.63, 3.8) is 0 Å². The number of halogens is 2. The molecule has 2 aliphatic rings. The molecular formula is C25H34F2. The molecule has 2 aliphatic carbocycles. The second kappa shape index (κ2) is 9.66. The van der Waals surface area contributed by atoms with Gasteiger partial charge in [0.15, 0.2) is 0 Å². The van der Waals surface area contributed by atoms with E-state index in [1.165, 1.54) is 76.0 Å². The minimum atomic E-state index is -0.487. The summed E-state index contributed by atoms with van der Waals surface area (Å²) in [7, 11) is 0. The quantitative estimate of drug-likeness (QED) is 0.490. The molecule has 0 radical (unpaired) electrons. The first kappa shape index (κ1) is 20.3. The molecule has 0 unspecified atom stereocenters. The molecule has 0 saturated heterocycles. The van der Waals surface area contributed by atoms with E-state index >= 15 is 0 Å². The molecule has 0 amide bonds.